The van der Waals surface area contributed by atoms with E-state index in [2.05, 4.69) is 0 Å². The topological polar surface area (TPSA) is 46.2 Å². The number of aliphatic hydroxyl groups is 1. The maximum Gasteiger partial charge on any atom is 0.0614 e. The van der Waals surface area contributed by atoms with E-state index in [0.29, 0.717) is 5.92 Å². The highest BCUT2D eigenvalue weighted by molar-refractivity contribution is 5.09. The fourth-order valence-corrected chi connectivity index (χ4v) is 2.11. The maximum atomic E-state index is 8.90. The summed E-state index contributed by atoms with van der Waals surface area (Å²) in [5, 5.41) is 8.90. The van der Waals surface area contributed by atoms with E-state index in [1.54, 1.807) is 0 Å². The second-order valence-corrected chi connectivity index (χ2v) is 3.53. The van der Waals surface area contributed by atoms with Crippen LogP contribution in [-0.4, -0.2) is 17.3 Å². The number of rotatable bonds is 1. The minimum absolute atomic E-state index is 0.176. The van der Waals surface area contributed by atoms with E-state index in [0.717, 1.165) is 12.3 Å². The molecule has 0 heterocycles. The van der Waals surface area contributed by atoms with Gasteiger partial charge in [0.2, 0.25) is 0 Å². The van der Waals surface area contributed by atoms with Gasteiger partial charge < -0.3 is 10.8 Å². The average molecular weight is 127 g/mol. The Bertz CT molecular complexity index is 137. The van der Waals surface area contributed by atoms with Gasteiger partial charge in [0.25, 0.3) is 0 Å². The first-order valence-corrected chi connectivity index (χ1v) is 3.66. The lowest BCUT2D eigenvalue weighted by Gasteiger charge is -2.22. The second-order valence-electron chi connectivity index (χ2n) is 3.53. The highest BCUT2D eigenvalue weighted by Gasteiger charge is 2.55. The molecule has 0 saturated heterocycles. The molecule has 2 nitrogen and oxygen atoms in total. The van der Waals surface area contributed by atoms with Crippen molar-refractivity contribution >= 4 is 0 Å². The van der Waals surface area contributed by atoms with E-state index in [4.69, 9.17) is 10.8 Å². The van der Waals surface area contributed by atoms with Crippen LogP contribution in [0.5, 0.6) is 0 Å². The molecule has 0 bridgehead atoms. The second kappa shape index (κ2) is 1.50. The van der Waals surface area contributed by atoms with Crippen LogP contribution in [0.1, 0.15) is 19.3 Å². The summed E-state index contributed by atoms with van der Waals surface area (Å²) in [7, 11) is 0. The van der Waals surface area contributed by atoms with E-state index in [9.17, 15) is 0 Å². The Kier molecular flexibility index (Phi) is 0.945. The SMILES string of the molecule is NC1(CO)CCC2CC21. The van der Waals surface area contributed by atoms with Crippen molar-refractivity contribution in [2.45, 2.75) is 24.8 Å². The average Bonchev–Trinajstić information content (AvgIpc) is 2.58. The summed E-state index contributed by atoms with van der Waals surface area (Å²) in [6.45, 7) is 0.189. The third-order valence-electron chi connectivity index (χ3n) is 2.94. The molecule has 3 atom stereocenters. The Hall–Kier alpha value is -0.0800. The number of hydrogen-bond acceptors (Lipinski definition) is 2. The molecule has 3 N–H and O–H groups in total. The molecule has 0 aromatic rings. The standard InChI is InChI=1S/C7H13NO/c8-7(4-9)2-1-5-3-6(5)7/h5-6,9H,1-4,8H2. The van der Waals surface area contributed by atoms with Crippen LogP contribution in [0.3, 0.4) is 0 Å². The van der Waals surface area contributed by atoms with Gasteiger partial charge in [0.15, 0.2) is 0 Å². The van der Waals surface area contributed by atoms with Gasteiger partial charge in [-0.05, 0) is 31.1 Å². The largest absolute Gasteiger partial charge is 0.394 e. The van der Waals surface area contributed by atoms with Crippen molar-refractivity contribution in [3.8, 4) is 0 Å². The minimum Gasteiger partial charge on any atom is -0.394 e. The van der Waals surface area contributed by atoms with Gasteiger partial charge in [0.05, 0.1) is 6.61 Å². The molecular formula is C7H13NO. The van der Waals surface area contributed by atoms with Gasteiger partial charge in [0.1, 0.15) is 0 Å². The van der Waals surface area contributed by atoms with Crippen molar-refractivity contribution in [2.75, 3.05) is 6.61 Å². The zero-order chi connectivity index (χ0) is 6.48. The van der Waals surface area contributed by atoms with Gasteiger partial charge in [-0.3, -0.25) is 0 Å². The first-order valence-electron chi connectivity index (χ1n) is 3.66. The summed E-state index contributed by atoms with van der Waals surface area (Å²) < 4.78 is 0. The molecule has 9 heavy (non-hydrogen) atoms. The van der Waals surface area contributed by atoms with Gasteiger partial charge in [-0.2, -0.15) is 0 Å². The predicted molar refractivity (Wildman–Crippen MR) is 34.8 cm³/mol. The van der Waals surface area contributed by atoms with Gasteiger partial charge in [-0.1, -0.05) is 0 Å². The third kappa shape index (κ3) is 0.634. The van der Waals surface area contributed by atoms with Crippen LogP contribution in [0, 0.1) is 11.8 Å². The molecule has 3 unspecified atom stereocenters. The highest BCUT2D eigenvalue weighted by atomic mass is 16.3. The molecule has 2 heteroatoms. The summed E-state index contributed by atoms with van der Waals surface area (Å²) in [5.74, 6) is 1.55. The molecule has 2 rings (SSSR count). The highest BCUT2D eigenvalue weighted by Crippen LogP contribution is 2.56. The van der Waals surface area contributed by atoms with Crippen LogP contribution in [0.2, 0.25) is 0 Å². The van der Waals surface area contributed by atoms with E-state index in [-0.39, 0.29) is 12.1 Å². The molecule has 2 aliphatic carbocycles. The summed E-state index contributed by atoms with van der Waals surface area (Å²) in [5.41, 5.74) is 5.72. The Balaban J connectivity index is 2.11. The van der Waals surface area contributed by atoms with Crippen LogP contribution in [0.4, 0.5) is 0 Å². The quantitative estimate of drug-likeness (QED) is 0.525. The number of aliphatic hydroxyl groups excluding tert-OH is 1. The Morgan fingerprint density at radius 3 is 2.67 bits per heavy atom. The fourth-order valence-electron chi connectivity index (χ4n) is 2.11. The van der Waals surface area contributed by atoms with Crippen molar-refractivity contribution < 1.29 is 5.11 Å². The molecule has 0 radical (unpaired) electrons. The van der Waals surface area contributed by atoms with Gasteiger partial charge in [-0.15, -0.1) is 0 Å². The zero-order valence-electron chi connectivity index (χ0n) is 5.51. The smallest absolute Gasteiger partial charge is 0.0614 e. The van der Waals surface area contributed by atoms with Crippen LogP contribution in [0.25, 0.3) is 0 Å². The van der Waals surface area contributed by atoms with Crippen molar-refractivity contribution in [1.82, 2.24) is 0 Å². The van der Waals surface area contributed by atoms with E-state index in [1.165, 1.54) is 12.8 Å². The number of hydrogen-bond donors (Lipinski definition) is 2. The lowest BCUT2D eigenvalue weighted by atomic mass is 9.96. The summed E-state index contributed by atoms with van der Waals surface area (Å²) >= 11 is 0. The molecule has 2 fully saturated rings. The molecule has 0 aromatic heterocycles. The van der Waals surface area contributed by atoms with Crippen LogP contribution >= 0.6 is 0 Å². The number of nitrogens with two attached hydrogens (primary N) is 1. The van der Waals surface area contributed by atoms with Crippen LogP contribution in [0.15, 0.2) is 0 Å². The molecule has 2 saturated carbocycles. The molecule has 0 aliphatic heterocycles. The molecule has 0 aromatic carbocycles. The molecule has 0 amide bonds. The first-order chi connectivity index (χ1) is 4.26. The maximum absolute atomic E-state index is 8.90. The fraction of sp³-hybridized carbons (Fsp3) is 1.00. The predicted octanol–water partition coefficient (Wildman–Crippen LogP) is 0.106. The van der Waals surface area contributed by atoms with E-state index >= 15 is 0 Å². The first kappa shape index (κ1) is 5.69. The Labute approximate surface area is 55.1 Å². The van der Waals surface area contributed by atoms with Gasteiger partial charge in [-0.25, -0.2) is 0 Å². The van der Waals surface area contributed by atoms with Crippen molar-refractivity contribution in [3.05, 3.63) is 0 Å². The molecule has 52 valence electrons. The lowest BCUT2D eigenvalue weighted by Crippen LogP contribution is -2.43. The summed E-state index contributed by atoms with van der Waals surface area (Å²) in [4.78, 5) is 0. The van der Waals surface area contributed by atoms with Gasteiger partial charge in [0, 0.05) is 5.54 Å². The Morgan fingerprint density at radius 2 is 2.44 bits per heavy atom. The zero-order valence-corrected chi connectivity index (χ0v) is 5.51. The lowest BCUT2D eigenvalue weighted by molar-refractivity contribution is 0.182. The third-order valence-corrected chi connectivity index (χ3v) is 2.94. The van der Waals surface area contributed by atoms with Crippen molar-refractivity contribution in [1.29, 1.82) is 0 Å². The normalized spacial score (nSPS) is 55.3. The minimum atomic E-state index is -0.176. The molecule has 2 aliphatic rings. The molecule has 0 spiro atoms. The van der Waals surface area contributed by atoms with Crippen LogP contribution in [-0.2, 0) is 0 Å². The summed E-state index contributed by atoms with van der Waals surface area (Å²) in [6, 6.07) is 0. The molecular weight excluding hydrogens is 114 g/mol. The monoisotopic (exact) mass is 127 g/mol. The van der Waals surface area contributed by atoms with E-state index < -0.39 is 0 Å². The van der Waals surface area contributed by atoms with E-state index in [1.807, 2.05) is 0 Å². The van der Waals surface area contributed by atoms with Gasteiger partial charge >= 0.3 is 0 Å². The van der Waals surface area contributed by atoms with Crippen LogP contribution < -0.4 is 5.73 Å². The van der Waals surface area contributed by atoms with Crippen molar-refractivity contribution in [2.24, 2.45) is 17.6 Å². The number of fused-ring (bicyclic) bond motifs is 1. The summed E-state index contributed by atoms with van der Waals surface area (Å²) in [6.07, 6.45) is 3.57. The van der Waals surface area contributed by atoms with Crippen molar-refractivity contribution in [3.63, 3.8) is 0 Å². The Morgan fingerprint density at radius 1 is 1.67 bits per heavy atom.